The summed E-state index contributed by atoms with van der Waals surface area (Å²) in [6.07, 6.45) is -0.00557. The second-order valence-corrected chi connectivity index (χ2v) is 6.77. The summed E-state index contributed by atoms with van der Waals surface area (Å²) in [5, 5.41) is 11.9. The van der Waals surface area contributed by atoms with E-state index in [1.54, 1.807) is 33.1 Å². The third kappa shape index (κ3) is 5.00. The summed E-state index contributed by atoms with van der Waals surface area (Å²) in [4.78, 5) is 29.3. The molecule has 0 saturated heterocycles. The molecule has 0 aliphatic heterocycles. The minimum Gasteiger partial charge on any atom is -0.479 e. The molecule has 1 unspecified atom stereocenters. The van der Waals surface area contributed by atoms with Crippen molar-refractivity contribution < 1.29 is 19.4 Å². The molecule has 0 bridgehead atoms. The normalized spacial score (nSPS) is 12.8. The highest BCUT2D eigenvalue weighted by Crippen LogP contribution is 2.25. The van der Waals surface area contributed by atoms with Gasteiger partial charge in [-0.25, -0.2) is 14.6 Å². The largest absolute Gasteiger partial charge is 0.479 e. The van der Waals surface area contributed by atoms with Crippen molar-refractivity contribution >= 4 is 23.4 Å². The van der Waals surface area contributed by atoms with E-state index in [9.17, 15) is 14.7 Å². The Kier molecular flexibility index (Phi) is 5.71. The molecule has 0 fully saturated rings. The van der Waals surface area contributed by atoms with Crippen LogP contribution in [0.3, 0.4) is 0 Å². The number of thiazole rings is 1. The summed E-state index contributed by atoms with van der Waals surface area (Å²) < 4.78 is 5.31. The number of amides is 1. The minimum absolute atomic E-state index is 0.294. The molecule has 1 aromatic heterocycles. The maximum absolute atomic E-state index is 12.3. The zero-order valence-electron chi connectivity index (χ0n) is 13.0. The summed E-state index contributed by atoms with van der Waals surface area (Å²) in [6.45, 7) is 9.21. The number of hydrogen-bond acceptors (Lipinski definition) is 5. The Bertz CT molecular complexity index is 507. The first-order chi connectivity index (χ1) is 9.65. The Balaban J connectivity index is 3.09. The number of carboxylic acid groups (broad SMARTS) is 1. The van der Waals surface area contributed by atoms with Crippen molar-refractivity contribution in [2.45, 2.75) is 52.7 Å². The molecule has 0 saturated carbocycles. The van der Waals surface area contributed by atoms with Gasteiger partial charge in [0.1, 0.15) is 5.60 Å². The van der Waals surface area contributed by atoms with Crippen LogP contribution in [0.25, 0.3) is 0 Å². The number of aliphatic carboxylic acids is 1. The van der Waals surface area contributed by atoms with E-state index in [0.717, 1.165) is 5.01 Å². The molecule has 1 heterocycles. The third-order valence-electron chi connectivity index (χ3n) is 2.56. The van der Waals surface area contributed by atoms with Gasteiger partial charge in [-0.3, -0.25) is 4.90 Å². The van der Waals surface area contributed by atoms with E-state index >= 15 is 0 Å². The van der Waals surface area contributed by atoms with E-state index in [4.69, 9.17) is 4.74 Å². The van der Waals surface area contributed by atoms with Crippen LogP contribution in [-0.4, -0.2) is 39.2 Å². The lowest BCUT2D eigenvalue weighted by molar-refractivity contribution is -0.143. The number of rotatable bonds is 5. The average molecular weight is 314 g/mol. The molecule has 0 aliphatic rings. The van der Waals surface area contributed by atoms with E-state index in [0.29, 0.717) is 18.7 Å². The fraction of sp³-hybridized carbons (Fsp3) is 0.643. The molecule has 0 radical (unpaired) electrons. The SMILES string of the molecule is CCCN(C(=O)OC(C)(C)C)C(C(=O)O)c1csc(C)n1. The number of ether oxygens (including phenoxy) is 1. The van der Waals surface area contributed by atoms with Crippen molar-refractivity contribution in [1.82, 2.24) is 9.88 Å². The van der Waals surface area contributed by atoms with Crippen LogP contribution in [0.4, 0.5) is 4.79 Å². The van der Waals surface area contributed by atoms with Crippen LogP contribution in [0.5, 0.6) is 0 Å². The van der Waals surface area contributed by atoms with Crippen molar-refractivity contribution in [2.24, 2.45) is 0 Å². The number of aromatic nitrogens is 1. The van der Waals surface area contributed by atoms with Gasteiger partial charge in [-0.2, -0.15) is 0 Å². The fourth-order valence-corrected chi connectivity index (χ4v) is 2.44. The van der Waals surface area contributed by atoms with Gasteiger partial charge in [0.25, 0.3) is 0 Å². The lowest BCUT2D eigenvalue weighted by Crippen LogP contribution is -2.42. The zero-order valence-corrected chi connectivity index (χ0v) is 13.9. The van der Waals surface area contributed by atoms with Gasteiger partial charge in [0.15, 0.2) is 6.04 Å². The Hall–Kier alpha value is -1.63. The Morgan fingerprint density at radius 2 is 2.10 bits per heavy atom. The van der Waals surface area contributed by atoms with Gasteiger partial charge in [-0.1, -0.05) is 6.92 Å². The molecule has 21 heavy (non-hydrogen) atoms. The summed E-state index contributed by atoms with van der Waals surface area (Å²) in [5.74, 6) is -1.11. The molecule has 7 heteroatoms. The van der Waals surface area contributed by atoms with Gasteiger partial charge in [0.05, 0.1) is 10.7 Å². The molecule has 118 valence electrons. The topological polar surface area (TPSA) is 79.7 Å². The number of carboxylic acids is 1. The van der Waals surface area contributed by atoms with E-state index in [2.05, 4.69) is 4.98 Å². The van der Waals surface area contributed by atoms with Crippen LogP contribution in [0, 0.1) is 6.92 Å². The molecule has 0 spiro atoms. The monoisotopic (exact) mass is 314 g/mol. The summed E-state index contributed by atoms with van der Waals surface area (Å²) in [6, 6.07) is -1.12. The highest BCUT2D eigenvalue weighted by Gasteiger charge is 2.35. The highest BCUT2D eigenvalue weighted by atomic mass is 32.1. The van der Waals surface area contributed by atoms with E-state index in [-0.39, 0.29) is 0 Å². The second kappa shape index (κ2) is 6.89. The predicted molar refractivity (Wildman–Crippen MR) is 80.5 cm³/mol. The number of hydrogen-bond donors (Lipinski definition) is 1. The van der Waals surface area contributed by atoms with Crippen LogP contribution in [0.1, 0.15) is 50.9 Å². The standard InChI is InChI=1S/C14H22N2O4S/c1-6-7-16(13(19)20-14(3,4)5)11(12(17)18)10-8-21-9(2)15-10/h8,11H,6-7H2,1-5H3,(H,17,18). The number of carbonyl (C=O) groups is 2. The Morgan fingerprint density at radius 3 is 2.48 bits per heavy atom. The van der Waals surface area contributed by atoms with Gasteiger partial charge in [0.2, 0.25) is 0 Å². The second-order valence-electron chi connectivity index (χ2n) is 5.71. The molecular weight excluding hydrogens is 292 g/mol. The Labute approximate surface area is 128 Å². The van der Waals surface area contributed by atoms with E-state index < -0.39 is 23.7 Å². The average Bonchev–Trinajstić information content (AvgIpc) is 2.72. The smallest absolute Gasteiger partial charge is 0.411 e. The molecule has 0 aliphatic carbocycles. The summed E-state index contributed by atoms with van der Waals surface area (Å²) in [7, 11) is 0. The minimum atomic E-state index is -1.12. The first-order valence-electron chi connectivity index (χ1n) is 6.80. The number of nitrogens with zero attached hydrogens (tertiary/aromatic N) is 2. The van der Waals surface area contributed by atoms with Gasteiger partial charge >= 0.3 is 12.1 Å². The quantitative estimate of drug-likeness (QED) is 0.902. The third-order valence-corrected chi connectivity index (χ3v) is 3.35. The van der Waals surface area contributed by atoms with Crippen LogP contribution in [0.2, 0.25) is 0 Å². The zero-order chi connectivity index (χ0) is 16.2. The van der Waals surface area contributed by atoms with Crippen LogP contribution in [0.15, 0.2) is 5.38 Å². The lowest BCUT2D eigenvalue weighted by atomic mass is 10.2. The number of carbonyl (C=O) groups excluding carboxylic acids is 1. The lowest BCUT2D eigenvalue weighted by Gasteiger charge is -2.30. The van der Waals surface area contributed by atoms with Crippen molar-refractivity contribution in [3.8, 4) is 0 Å². The first kappa shape index (κ1) is 17.4. The fourth-order valence-electron chi connectivity index (χ4n) is 1.81. The molecule has 1 aromatic rings. The first-order valence-corrected chi connectivity index (χ1v) is 7.68. The van der Waals surface area contributed by atoms with Gasteiger partial charge in [-0.15, -0.1) is 11.3 Å². The molecule has 1 rings (SSSR count). The maximum Gasteiger partial charge on any atom is 0.411 e. The van der Waals surface area contributed by atoms with E-state index in [1.807, 2.05) is 6.92 Å². The van der Waals surface area contributed by atoms with Gasteiger partial charge < -0.3 is 9.84 Å². The van der Waals surface area contributed by atoms with Crippen molar-refractivity contribution in [2.75, 3.05) is 6.54 Å². The van der Waals surface area contributed by atoms with Crippen molar-refractivity contribution in [1.29, 1.82) is 0 Å². The summed E-state index contributed by atoms with van der Waals surface area (Å²) >= 11 is 1.36. The molecule has 0 aromatic carbocycles. The Morgan fingerprint density at radius 1 is 1.48 bits per heavy atom. The van der Waals surface area contributed by atoms with Crippen molar-refractivity contribution in [3.63, 3.8) is 0 Å². The molecule has 1 atom stereocenters. The molecular formula is C14H22N2O4S. The molecule has 6 nitrogen and oxygen atoms in total. The van der Waals surface area contributed by atoms with Gasteiger partial charge in [-0.05, 0) is 34.1 Å². The van der Waals surface area contributed by atoms with Crippen LogP contribution < -0.4 is 0 Å². The van der Waals surface area contributed by atoms with Gasteiger partial charge in [0, 0.05) is 11.9 Å². The predicted octanol–water partition coefficient (Wildman–Crippen LogP) is 3.22. The van der Waals surface area contributed by atoms with Crippen molar-refractivity contribution in [3.05, 3.63) is 16.1 Å². The molecule has 1 N–H and O–H groups in total. The van der Waals surface area contributed by atoms with E-state index in [1.165, 1.54) is 16.2 Å². The number of aryl methyl sites for hydroxylation is 1. The maximum atomic E-state index is 12.3. The van der Waals surface area contributed by atoms with Crippen LogP contribution >= 0.6 is 11.3 Å². The molecule has 1 amide bonds. The highest BCUT2D eigenvalue weighted by molar-refractivity contribution is 7.09. The van der Waals surface area contributed by atoms with Crippen LogP contribution in [-0.2, 0) is 9.53 Å². The summed E-state index contributed by atoms with van der Waals surface area (Å²) in [5.41, 5.74) is -0.311.